The van der Waals surface area contributed by atoms with Crippen LogP contribution in [0.2, 0.25) is 10.0 Å². The molecule has 5 rings (SSSR count). The predicted molar refractivity (Wildman–Crippen MR) is 115 cm³/mol. The van der Waals surface area contributed by atoms with Crippen LogP contribution in [0.3, 0.4) is 0 Å². The van der Waals surface area contributed by atoms with Crippen molar-refractivity contribution in [3.8, 4) is 11.5 Å². The summed E-state index contributed by atoms with van der Waals surface area (Å²) >= 11 is 12.1. The number of ether oxygens (including phenoxy) is 2. The summed E-state index contributed by atoms with van der Waals surface area (Å²) < 4.78 is 10.8. The Bertz CT molecular complexity index is 1040. The van der Waals surface area contributed by atoms with E-state index in [1.807, 2.05) is 12.1 Å². The van der Waals surface area contributed by atoms with E-state index in [4.69, 9.17) is 32.7 Å². The molecule has 162 valence electrons. The molecule has 2 aromatic rings. The summed E-state index contributed by atoms with van der Waals surface area (Å²) in [5.41, 5.74) is 1.69. The molecule has 7 nitrogen and oxygen atoms in total. The highest BCUT2D eigenvalue weighted by atomic mass is 35.5. The molecular weight excluding hydrogens is 441 g/mol. The van der Waals surface area contributed by atoms with E-state index in [9.17, 15) is 9.59 Å². The number of nitrogens with zero attached hydrogens (tertiary/aromatic N) is 1. The molecule has 9 heteroatoms. The normalized spacial score (nSPS) is 25.4. The zero-order valence-corrected chi connectivity index (χ0v) is 18.3. The maximum absolute atomic E-state index is 13.1. The fraction of sp³-hybridized carbons (Fsp3) is 0.364. The monoisotopic (exact) mass is 463 g/mol. The summed E-state index contributed by atoms with van der Waals surface area (Å²) in [5, 5.41) is 0.726. The van der Waals surface area contributed by atoms with E-state index < -0.39 is 0 Å². The van der Waals surface area contributed by atoms with Gasteiger partial charge in [-0.1, -0.05) is 23.2 Å². The number of hydrogen-bond acceptors (Lipinski definition) is 4. The van der Waals surface area contributed by atoms with Crippen LogP contribution in [0.15, 0.2) is 36.4 Å². The van der Waals surface area contributed by atoms with Crippen LogP contribution >= 0.6 is 23.2 Å². The van der Waals surface area contributed by atoms with E-state index in [1.54, 1.807) is 18.2 Å². The number of nitrogens with one attached hydrogen (secondary N) is 2. The van der Waals surface area contributed by atoms with E-state index >= 15 is 0 Å². The number of fused-ring (bicyclic) bond motifs is 1. The molecule has 0 radical (unpaired) electrons. The number of halogens is 2. The lowest BCUT2D eigenvalue weighted by Crippen LogP contribution is -3.29. The first-order chi connectivity index (χ1) is 15.0. The third-order valence-electron chi connectivity index (χ3n) is 6.29. The first-order valence-corrected chi connectivity index (χ1v) is 11.1. The van der Waals surface area contributed by atoms with Gasteiger partial charge >= 0.3 is 0 Å². The van der Waals surface area contributed by atoms with Crippen molar-refractivity contribution in [2.24, 2.45) is 0 Å². The highest BCUT2D eigenvalue weighted by Gasteiger charge is 2.47. The predicted octanol–water partition coefficient (Wildman–Crippen LogP) is 0.338. The second kappa shape index (κ2) is 8.31. The molecule has 0 spiro atoms. The van der Waals surface area contributed by atoms with E-state index in [0.29, 0.717) is 15.7 Å². The van der Waals surface area contributed by atoms with Gasteiger partial charge in [-0.25, -0.2) is 4.90 Å². The minimum atomic E-state index is -0.339. The van der Waals surface area contributed by atoms with Crippen LogP contribution in [0.1, 0.15) is 12.0 Å². The van der Waals surface area contributed by atoms with Gasteiger partial charge in [-0.3, -0.25) is 9.59 Å². The Balaban J connectivity index is 1.21. The van der Waals surface area contributed by atoms with E-state index in [0.717, 1.165) is 44.2 Å². The van der Waals surface area contributed by atoms with Crippen LogP contribution in [-0.4, -0.2) is 50.8 Å². The summed E-state index contributed by atoms with van der Waals surface area (Å²) in [6.45, 7) is 4.75. The van der Waals surface area contributed by atoms with Crippen LogP contribution in [0.25, 0.3) is 0 Å². The zero-order chi connectivity index (χ0) is 21.5. The van der Waals surface area contributed by atoms with E-state index in [1.165, 1.54) is 20.3 Å². The summed E-state index contributed by atoms with van der Waals surface area (Å²) in [4.78, 5) is 29.6. The first kappa shape index (κ1) is 20.6. The van der Waals surface area contributed by atoms with Crippen LogP contribution in [0, 0.1) is 0 Å². The number of piperazine rings is 1. The van der Waals surface area contributed by atoms with Crippen molar-refractivity contribution in [2.75, 3.05) is 37.9 Å². The molecule has 31 heavy (non-hydrogen) atoms. The van der Waals surface area contributed by atoms with Crippen molar-refractivity contribution in [3.05, 3.63) is 52.0 Å². The molecule has 2 aromatic carbocycles. The second-order valence-corrected chi connectivity index (χ2v) is 9.01. The lowest BCUT2D eigenvalue weighted by molar-refractivity contribution is -1.02. The van der Waals surface area contributed by atoms with Crippen molar-refractivity contribution in [2.45, 2.75) is 19.0 Å². The smallest absolute Gasteiger partial charge is 0.292 e. The molecule has 2 N–H and O–H groups in total. The fourth-order valence-corrected chi connectivity index (χ4v) is 4.93. The van der Waals surface area contributed by atoms with E-state index in [-0.39, 0.29) is 31.1 Å². The average molecular weight is 464 g/mol. The Labute approximate surface area is 190 Å². The zero-order valence-electron chi connectivity index (χ0n) is 16.8. The van der Waals surface area contributed by atoms with Gasteiger partial charge in [0.1, 0.15) is 32.7 Å². The quantitative estimate of drug-likeness (QED) is 0.641. The second-order valence-electron chi connectivity index (χ2n) is 8.20. The van der Waals surface area contributed by atoms with Gasteiger partial charge in [-0.2, -0.15) is 0 Å². The molecule has 0 aromatic heterocycles. The van der Waals surface area contributed by atoms with Gasteiger partial charge in [-0.05, 0) is 36.4 Å². The molecule has 3 aliphatic heterocycles. The number of anilines is 1. The van der Waals surface area contributed by atoms with Crippen molar-refractivity contribution in [3.63, 3.8) is 0 Å². The number of imide groups is 1. The summed E-state index contributed by atoms with van der Waals surface area (Å²) in [5.74, 6) is 1.26. The summed E-state index contributed by atoms with van der Waals surface area (Å²) in [6, 6.07) is 10.6. The number of carbonyl (C=O) groups is 2. The number of amides is 2. The lowest BCUT2D eigenvalue weighted by Gasteiger charge is -2.32. The van der Waals surface area contributed by atoms with Crippen LogP contribution in [0.5, 0.6) is 11.5 Å². The number of quaternary nitrogens is 2. The minimum Gasteiger partial charge on any atom is -0.454 e. The Morgan fingerprint density at radius 2 is 1.71 bits per heavy atom. The first-order valence-electron chi connectivity index (χ1n) is 10.4. The molecule has 2 amide bonds. The SMILES string of the molecule is O=C1C[C@H]([NH+]2CC[NH+](Cc3ccc4c(c3)OCO4)CC2)C(=O)N1c1ccc(Cl)c(Cl)c1. The van der Waals surface area contributed by atoms with Crippen molar-refractivity contribution in [1.29, 1.82) is 0 Å². The topological polar surface area (TPSA) is 64.7 Å². The standard InChI is InChI=1S/C22H21Cl2N3O4/c23-16-3-2-15(10-17(16)24)27-21(28)11-18(22(27)29)26-7-5-25(6-8-26)12-14-1-4-19-20(9-14)31-13-30-19/h1-4,9-10,18H,5-8,11-13H2/p+2/t18-/m0/s1. The molecule has 3 aliphatic rings. The molecule has 0 unspecified atom stereocenters. The number of rotatable bonds is 4. The van der Waals surface area contributed by atoms with Crippen molar-refractivity contribution in [1.82, 2.24) is 0 Å². The minimum absolute atomic E-state index is 0.155. The summed E-state index contributed by atoms with van der Waals surface area (Å²) in [7, 11) is 0. The van der Waals surface area contributed by atoms with Crippen LogP contribution in [-0.2, 0) is 16.1 Å². The lowest BCUT2D eigenvalue weighted by atomic mass is 10.1. The molecule has 1 atom stereocenters. The van der Waals surface area contributed by atoms with Gasteiger partial charge in [-0.15, -0.1) is 0 Å². The van der Waals surface area contributed by atoms with Crippen LogP contribution in [0.4, 0.5) is 5.69 Å². The Morgan fingerprint density at radius 1 is 0.935 bits per heavy atom. The molecular formula is C22H23Cl2N3O4+2. The molecule has 2 saturated heterocycles. The Morgan fingerprint density at radius 3 is 2.48 bits per heavy atom. The largest absolute Gasteiger partial charge is 0.454 e. The third-order valence-corrected chi connectivity index (χ3v) is 7.03. The number of benzene rings is 2. The van der Waals surface area contributed by atoms with Gasteiger partial charge in [0.2, 0.25) is 12.7 Å². The highest BCUT2D eigenvalue weighted by Crippen LogP contribution is 2.32. The molecule has 0 bridgehead atoms. The van der Waals surface area contributed by atoms with Gasteiger partial charge in [0.05, 0.1) is 22.2 Å². The summed E-state index contributed by atoms with van der Waals surface area (Å²) in [6.07, 6.45) is 0.228. The molecule has 0 aliphatic carbocycles. The van der Waals surface area contributed by atoms with Crippen molar-refractivity contribution < 1.29 is 28.9 Å². The Hall–Kier alpha value is -2.32. The van der Waals surface area contributed by atoms with Gasteiger partial charge in [0.25, 0.3) is 5.91 Å². The fourth-order valence-electron chi connectivity index (χ4n) is 4.64. The van der Waals surface area contributed by atoms with Crippen LogP contribution < -0.4 is 24.2 Å². The van der Waals surface area contributed by atoms with Crippen molar-refractivity contribution >= 4 is 40.7 Å². The number of carbonyl (C=O) groups excluding carboxylic acids is 2. The molecule has 0 saturated carbocycles. The average Bonchev–Trinajstić information content (AvgIpc) is 3.34. The third kappa shape index (κ3) is 3.99. The van der Waals surface area contributed by atoms with E-state index in [2.05, 4.69) is 6.07 Å². The Kier molecular flexibility index (Phi) is 5.52. The van der Waals surface area contributed by atoms with Gasteiger partial charge < -0.3 is 19.3 Å². The molecule has 3 heterocycles. The number of hydrogen-bond donors (Lipinski definition) is 2. The van der Waals surface area contributed by atoms with Gasteiger partial charge in [0.15, 0.2) is 17.5 Å². The molecule has 2 fully saturated rings. The van der Waals surface area contributed by atoms with Gasteiger partial charge in [0, 0.05) is 5.56 Å². The maximum atomic E-state index is 13.1. The highest BCUT2D eigenvalue weighted by molar-refractivity contribution is 6.42. The maximum Gasteiger partial charge on any atom is 0.292 e.